The molecule has 1 fully saturated rings. The summed E-state index contributed by atoms with van der Waals surface area (Å²) in [5, 5.41) is 10.4. The third-order valence-electron chi connectivity index (χ3n) is 6.43. The molecule has 2 aliphatic rings. The summed E-state index contributed by atoms with van der Waals surface area (Å²) in [4.78, 5) is 30.5. The van der Waals surface area contributed by atoms with Crippen molar-refractivity contribution in [2.75, 3.05) is 26.2 Å². The summed E-state index contributed by atoms with van der Waals surface area (Å²) in [5.74, 6) is -0.364. The second-order valence-corrected chi connectivity index (χ2v) is 9.25. The highest BCUT2D eigenvalue weighted by Gasteiger charge is 2.42. The first-order valence-corrected chi connectivity index (χ1v) is 11.5. The highest BCUT2D eigenvalue weighted by atomic mass is 35.5. The molecule has 0 aromatic heterocycles. The fraction of sp³-hybridized carbons (Fsp3) is 0.385. The van der Waals surface area contributed by atoms with E-state index >= 15 is 0 Å². The summed E-state index contributed by atoms with van der Waals surface area (Å²) < 4.78 is 0. The number of halogens is 1. The number of rotatable bonds is 6. The van der Waals surface area contributed by atoms with E-state index in [1.54, 1.807) is 0 Å². The molecule has 2 aliphatic heterocycles. The second-order valence-electron chi connectivity index (χ2n) is 8.82. The quantitative estimate of drug-likeness (QED) is 0.673. The topological polar surface area (TPSA) is 60.9 Å². The normalized spacial score (nSPS) is 19.3. The van der Waals surface area contributed by atoms with Crippen molar-refractivity contribution in [3.8, 4) is 0 Å². The van der Waals surface area contributed by atoms with Crippen molar-refractivity contribution < 1.29 is 14.7 Å². The van der Waals surface area contributed by atoms with E-state index in [1.807, 2.05) is 61.2 Å². The number of aliphatic hydroxyl groups excluding tert-OH is 1. The maximum atomic E-state index is 13.6. The fourth-order valence-electron chi connectivity index (χ4n) is 4.71. The van der Waals surface area contributed by atoms with E-state index in [0.717, 1.165) is 35.1 Å². The van der Waals surface area contributed by atoms with Crippen LogP contribution in [0.15, 0.2) is 48.2 Å². The van der Waals surface area contributed by atoms with Crippen LogP contribution in [0.4, 0.5) is 0 Å². The van der Waals surface area contributed by atoms with Crippen LogP contribution in [0.5, 0.6) is 0 Å². The molecule has 2 amide bonds. The summed E-state index contributed by atoms with van der Waals surface area (Å²) in [6, 6.07) is 13.4. The Morgan fingerprint density at radius 2 is 1.81 bits per heavy atom. The number of carbonyl (C=O) groups excluding carboxylic acids is 2. The average molecular weight is 453 g/mol. The molecule has 1 saturated heterocycles. The first-order chi connectivity index (χ1) is 15.4. The van der Waals surface area contributed by atoms with Crippen LogP contribution >= 0.6 is 11.6 Å². The van der Waals surface area contributed by atoms with E-state index in [9.17, 15) is 14.7 Å². The minimum Gasteiger partial charge on any atom is -0.396 e. The molecule has 6 heteroatoms. The Labute approximate surface area is 194 Å². The van der Waals surface area contributed by atoms with Gasteiger partial charge in [-0.15, -0.1) is 0 Å². The van der Waals surface area contributed by atoms with Gasteiger partial charge in [-0.25, -0.2) is 0 Å². The second kappa shape index (κ2) is 9.47. The number of benzene rings is 2. The molecular formula is C26H29ClN2O3. The molecule has 0 bridgehead atoms. The predicted molar refractivity (Wildman–Crippen MR) is 126 cm³/mol. The molecule has 0 radical (unpaired) electrons. The number of likely N-dealkylation sites (tertiary alicyclic amines) is 1. The van der Waals surface area contributed by atoms with Gasteiger partial charge in [0, 0.05) is 31.3 Å². The molecule has 4 rings (SSSR count). The maximum absolute atomic E-state index is 13.6. The lowest BCUT2D eigenvalue weighted by atomic mass is 9.95. The van der Waals surface area contributed by atoms with Crippen molar-refractivity contribution in [3.63, 3.8) is 0 Å². The minimum atomic E-state index is -0.239. The molecule has 2 aromatic rings. The lowest BCUT2D eigenvalue weighted by Crippen LogP contribution is -2.41. The third kappa shape index (κ3) is 4.45. The molecule has 1 unspecified atom stereocenters. The number of carbonyl (C=O) groups is 2. The molecule has 5 nitrogen and oxygen atoms in total. The van der Waals surface area contributed by atoms with Gasteiger partial charge in [0.2, 0.25) is 0 Å². The van der Waals surface area contributed by atoms with E-state index < -0.39 is 0 Å². The summed E-state index contributed by atoms with van der Waals surface area (Å²) >= 11 is 5.98. The van der Waals surface area contributed by atoms with E-state index in [4.69, 9.17) is 11.6 Å². The van der Waals surface area contributed by atoms with Crippen LogP contribution in [0.2, 0.25) is 5.02 Å². The Kier molecular flexibility index (Phi) is 6.68. The summed E-state index contributed by atoms with van der Waals surface area (Å²) in [5.41, 5.74) is 4.90. The Balaban J connectivity index is 1.68. The molecule has 1 N–H and O–H groups in total. The summed E-state index contributed by atoms with van der Waals surface area (Å²) in [6.07, 6.45) is 2.39. The largest absolute Gasteiger partial charge is 0.396 e. The maximum Gasteiger partial charge on any atom is 0.277 e. The molecule has 168 valence electrons. The van der Waals surface area contributed by atoms with E-state index in [-0.39, 0.29) is 24.3 Å². The first kappa shape index (κ1) is 22.6. The summed E-state index contributed by atoms with van der Waals surface area (Å²) in [6.45, 7) is 5.70. The molecule has 0 spiro atoms. The fourth-order valence-corrected chi connectivity index (χ4v) is 4.83. The van der Waals surface area contributed by atoms with E-state index in [1.165, 1.54) is 4.90 Å². The van der Waals surface area contributed by atoms with Crippen LogP contribution in [-0.4, -0.2) is 53.0 Å². The molecule has 2 heterocycles. The van der Waals surface area contributed by atoms with Crippen LogP contribution in [-0.2, 0) is 16.0 Å². The Morgan fingerprint density at radius 3 is 2.50 bits per heavy atom. The highest BCUT2D eigenvalue weighted by Crippen LogP contribution is 2.35. The average Bonchev–Trinajstić information content (AvgIpc) is 3.03. The van der Waals surface area contributed by atoms with Gasteiger partial charge in [0.15, 0.2) is 0 Å². The van der Waals surface area contributed by atoms with Crippen molar-refractivity contribution in [2.24, 2.45) is 5.92 Å². The van der Waals surface area contributed by atoms with Gasteiger partial charge in [0.25, 0.3) is 11.8 Å². The van der Waals surface area contributed by atoms with E-state index in [2.05, 4.69) is 0 Å². The standard InChI is InChI=1S/C26H29ClN2O3/c1-17-5-10-22(18(2)14-17)23-24(28-12-3-4-20(15-28)16-30)26(32)29(25(23)31)13-11-19-6-8-21(27)9-7-19/h5-10,14,20,30H,3-4,11-13,15-16H2,1-2H3. The van der Waals surface area contributed by atoms with Crippen molar-refractivity contribution in [1.29, 1.82) is 0 Å². The number of nitrogens with zero attached hydrogens (tertiary/aromatic N) is 2. The van der Waals surface area contributed by atoms with Crippen LogP contribution in [0.3, 0.4) is 0 Å². The van der Waals surface area contributed by atoms with Gasteiger partial charge in [0.1, 0.15) is 5.70 Å². The predicted octanol–water partition coefficient (Wildman–Crippen LogP) is 3.98. The summed E-state index contributed by atoms with van der Waals surface area (Å²) in [7, 11) is 0. The van der Waals surface area contributed by atoms with Crippen LogP contribution < -0.4 is 0 Å². The lowest BCUT2D eigenvalue weighted by molar-refractivity contribution is -0.137. The molecule has 0 saturated carbocycles. The zero-order valence-electron chi connectivity index (χ0n) is 18.6. The number of imide groups is 1. The first-order valence-electron chi connectivity index (χ1n) is 11.2. The van der Waals surface area contributed by atoms with Gasteiger partial charge in [-0.1, -0.05) is 47.5 Å². The SMILES string of the molecule is Cc1ccc(C2=C(N3CCCC(CO)C3)C(=O)N(CCc3ccc(Cl)cc3)C2=O)c(C)c1. The Hall–Kier alpha value is -2.63. The van der Waals surface area contributed by atoms with Gasteiger partial charge >= 0.3 is 0 Å². The highest BCUT2D eigenvalue weighted by molar-refractivity contribution is 6.35. The Bertz CT molecular complexity index is 1060. The van der Waals surface area contributed by atoms with Gasteiger partial charge in [0.05, 0.1) is 5.57 Å². The molecule has 32 heavy (non-hydrogen) atoms. The minimum absolute atomic E-state index is 0.0884. The van der Waals surface area contributed by atoms with Crippen LogP contribution in [0.1, 0.15) is 35.1 Å². The van der Waals surface area contributed by atoms with Gasteiger partial charge in [-0.3, -0.25) is 14.5 Å². The monoisotopic (exact) mass is 452 g/mol. The molecule has 2 aromatic carbocycles. The lowest BCUT2D eigenvalue weighted by Gasteiger charge is -2.34. The number of amides is 2. The Morgan fingerprint density at radius 1 is 1.06 bits per heavy atom. The zero-order valence-corrected chi connectivity index (χ0v) is 19.4. The molecular weight excluding hydrogens is 424 g/mol. The third-order valence-corrected chi connectivity index (χ3v) is 6.68. The van der Waals surface area contributed by atoms with Crippen molar-refractivity contribution in [2.45, 2.75) is 33.1 Å². The van der Waals surface area contributed by atoms with Gasteiger partial charge < -0.3 is 10.0 Å². The smallest absolute Gasteiger partial charge is 0.277 e. The number of hydrogen-bond donors (Lipinski definition) is 1. The van der Waals surface area contributed by atoms with Crippen molar-refractivity contribution in [3.05, 3.63) is 75.4 Å². The van der Waals surface area contributed by atoms with Gasteiger partial charge in [-0.05, 0) is 67.9 Å². The number of hydrogen-bond acceptors (Lipinski definition) is 4. The van der Waals surface area contributed by atoms with E-state index in [0.29, 0.717) is 42.3 Å². The number of aliphatic hydroxyl groups is 1. The van der Waals surface area contributed by atoms with Crippen molar-refractivity contribution in [1.82, 2.24) is 9.80 Å². The van der Waals surface area contributed by atoms with Crippen LogP contribution in [0, 0.1) is 19.8 Å². The van der Waals surface area contributed by atoms with Gasteiger partial charge in [-0.2, -0.15) is 0 Å². The molecule has 1 atom stereocenters. The van der Waals surface area contributed by atoms with Crippen molar-refractivity contribution >= 4 is 29.0 Å². The van der Waals surface area contributed by atoms with Crippen LogP contribution in [0.25, 0.3) is 5.57 Å². The number of piperidine rings is 1. The zero-order chi connectivity index (χ0) is 22.8. The number of aryl methyl sites for hydroxylation is 2. The molecule has 0 aliphatic carbocycles.